The van der Waals surface area contributed by atoms with E-state index in [0.29, 0.717) is 34.2 Å². The van der Waals surface area contributed by atoms with Gasteiger partial charge in [0.2, 0.25) is 0 Å². The molecule has 0 saturated heterocycles. The summed E-state index contributed by atoms with van der Waals surface area (Å²) in [6.07, 6.45) is 6.92. The van der Waals surface area contributed by atoms with Crippen molar-refractivity contribution >= 4 is 40.7 Å². The Hall–Kier alpha value is -3.42. The molecule has 2 aromatic heterocycles. The van der Waals surface area contributed by atoms with E-state index in [1.165, 1.54) is 13.3 Å². The molecule has 0 spiro atoms. The van der Waals surface area contributed by atoms with E-state index in [1.807, 2.05) is 36.4 Å². The lowest BCUT2D eigenvalue weighted by atomic mass is 9.81. The SMILES string of the molecule is COC(=O)C1(NC(=O)c2cnn3c(-c4ccc(Cl)cc4)c(-c4ccccc4Cl)cnc23)CCCCC1. The molecule has 1 aliphatic carbocycles. The van der Waals surface area contributed by atoms with E-state index >= 15 is 0 Å². The summed E-state index contributed by atoms with van der Waals surface area (Å²) in [5.41, 5.74) is 2.67. The van der Waals surface area contributed by atoms with Crippen LogP contribution < -0.4 is 5.32 Å². The number of benzene rings is 2. The van der Waals surface area contributed by atoms with Crippen LogP contribution in [0.5, 0.6) is 0 Å². The van der Waals surface area contributed by atoms with E-state index in [2.05, 4.69) is 15.4 Å². The van der Waals surface area contributed by atoms with Gasteiger partial charge in [-0.25, -0.2) is 14.3 Å². The van der Waals surface area contributed by atoms with Gasteiger partial charge >= 0.3 is 5.97 Å². The maximum Gasteiger partial charge on any atom is 0.331 e. The fourth-order valence-electron chi connectivity index (χ4n) is 4.87. The van der Waals surface area contributed by atoms with Gasteiger partial charge in [0, 0.05) is 32.9 Å². The predicted molar refractivity (Wildman–Crippen MR) is 139 cm³/mol. The Morgan fingerprint density at radius 1 is 0.972 bits per heavy atom. The minimum absolute atomic E-state index is 0.268. The lowest BCUT2D eigenvalue weighted by Gasteiger charge is -2.35. The van der Waals surface area contributed by atoms with Crippen LogP contribution in [-0.4, -0.2) is 39.1 Å². The van der Waals surface area contributed by atoms with Gasteiger partial charge in [0.25, 0.3) is 5.91 Å². The van der Waals surface area contributed by atoms with Crippen LogP contribution in [0.3, 0.4) is 0 Å². The number of esters is 1. The molecule has 2 aromatic carbocycles. The van der Waals surface area contributed by atoms with Crippen molar-refractivity contribution in [1.29, 1.82) is 0 Å². The minimum atomic E-state index is -1.05. The Balaban J connectivity index is 1.64. The quantitative estimate of drug-likeness (QED) is 0.326. The van der Waals surface area contributed by atoms with Crippen molar-refractivity contribution in [1.82, 2.24) is 19.9 Å². The van der Waals surface area contributed by atoms with Crippen molar-refractivity contribution in [2.24, 2.45) is 0 Å². The third-order valence-corrected chi connectivity index (χ3v) is 7.27. The Kier molecular flexibility index (Phi) is 6.69. The van der Waals surface area contributed by atoms with Gasteiger partial charge in [-0.2, -0.15) is 5.10 Å². The number of carbonyl (C=O) groups excluding carboxylic acids is 2. The van der Waals surface area contributed by atoms with Gasteiger partial charge in [0.05, 0.1) is 19.0 Å². The number of nitrogens with one attached hydrogen (secondary N) is 1. The van der Waals surface area contributed by atoms with Crippen molar-refractivity contribution < 1.29 is 14.3 Å². The van der Waals surface area contributed by atoms with Crippen molar-refractivity contribution in [2.75, 3.05) is 7.11 Å². The summed E-state index contributed by atoms with van der Waals surface area (Å²) < 4.78 is 6.68. The Labute approximate surface area is 218 Å². The van der Waals surface area contributed by atoms with Crippen LogP contribution in [0.15, 0.2) is 60.9 Å². The van der Waals surface area contributed by atoms with Gasteiger partial charge in [0.1, 0.15) is 11.1 Å². The lowest BCUT2D eigenvalue weighted by Crippen LogP contribution is -2.56. The van der Waals surface area contributed by atoms with Crippen molar-refractivity contribution in [3.63, 3.8) is 0 Å². The molecule has 184 valence electrons. The predicted octanol–water partition coefficient (Wildman–Crippen LogP) is 5.98. The summed E-state index contributed by atoms with van der Waals surface area (Å²) >= 11 is 12.7. The molecule has 1 fully saturated rings. The zero-order valence-corrected chi connectivity index (χ0v) is 21.1. The van der Waals surface area contributed by atoms with Crippen LogP contribution in [0.25, 0.3) is 28.0 Å². The number of methoxy groups -OCH3 is 1. The smallest absolute Gasteiger partial charge is 0.331 e. The molecule has 1 saturated carbocycles. The van der Waals surface area contributed by atoms with Gasteiger partial charge in [-0.1, -0.05) is 72.8 Å². The largest absolute Gasteiger partial charge is 0.467 e. The van der Waals surface area contributed by atoms with Gasteiger partial charge in [0.15, 0.2) is 5.65 Å². The number of hydrogen-bond donors (Lipinski definition) is 1. The number of halogens is 2. The molecule has 2 heterocycles. The number of amides is 1. The normalized spacial score (nSPS) is 15.0. The number of aromatic nitrogens is 3. The average molecular weight is 523 g/mol. The number of carbonyl (C=O) groups is 2. The molecule has 4 aromatic rings. The summed E-state index contributed by atoms with van der Waals surface area (Å²) in [6, 6.07) is 14.8. The summed E-state index contributed by atoms with van der Waals surface area (Å²) in [7, 11) is 1.34. The molecule has 1 N–H and O–H groups in total. The summed E-state index contributed by atoms with van der Waals surface area (Å²) in [5, 5.41) is 8.66. The van der Waals surface area contributed by atoms with Crippen LogP contribution >= 0.6 is 23.2 Å². The summed E-state index contributed by atoms with van der Waals surface area (Å²) in [4.78, 5) is 30.7. The molecule has 1 aliphatic rings. The molecule has 0 bridgehead atoms. The van der Waals surface area contributed by atoms with E-state index in [0.717, 1.165) is 36.0 Å². The topological polar surface area (TPSA) is 85.6 Å². The van der Waals surface area contributed by atoms with E-state index < -0.39 is 17.4 Å². The van der Waals surface area contributed by atoms with E-state index in [1.54, 1.807) is 22.8 Å². The average Bonchev–Trinajstić information content (AvgIpc) is 3.33. The molecule has 9 heteroatoms. The Morgan fingerprint density at radius 2 is 1.69 bits per heavy atom. The van der Waals surface area contributed by atoms with Gasteiger partial charge in [-0.05, 0) is 31.0 Å². The van der Waals surface area contributed by atoms with Crippen LogP contribution in [0.4, 0.5) is 0 Å². The molecule has 5 rings (SSSR count). The van der Waals surface area contributed by atoms with Crippen LogP contribution in [0.1, 0.15) is 42.5 Å². The highest BCUT2D eigenvalue weighted by Crippen LogP contribution is 2.37. The zero-order valence-electron chi connectivity index (χ0n) is 19.6. The molecule has 36 heavy (non-hydrogen) atoms. The maximum atomic E-state index is 13.5. The highest BCUT2D eigenvalue weighted by molar-refractivity contribution is 6.33. The number of rotatable bonds is 5. The second-order valence-corrected chi connectivity index (χ2v) is 9.73. The van der Waals surface area contributed by atoms with Gasteiger partial charge in [-0.3, -0.25) is 4.79 Å². The highest BCUT2D eigenvalue weighted by atomic mass is 35.5. The molecule has 0 aliphatic heterocycles. The first-order valence-electron chi connectivity index (χ1n) is 11.7. The Bertz CT molecular complexity index is 1440. The standard InChI is InChI=1S/C27H24Cl2N4O3/c1-36-26(35)27(13-5-2-6-14-27)32-25(34)21-16-31-33-23(17-9-11-18(28)12-10-17)20(15-30-24(21)33)19-7-3-4-8-22(19)29/h3-4,7-12,15-16H,2,5-6,13-14H2,1H3,(H,32,34). The molecular weight excluding hydrogens is 499 g/mol. The van der Waals surface area contributed by atoms with Crippen molar-refractivity contribution in [3.8, 4) is 22.4 Å². The van der Waals surface area contributed by atoms with E-state index in [-0.39, 0.29) is 5.56 Å². The fourth-order valence-corrected chi connectivity index (χ4v) is 5.23. The molecule has 0 unspecified atom stereocenters. The second kappa shape index (κ2) is 9.91. The first-order chi connectivity index (χ1) is 17.4. The molecule has 7 nitrogen and oxygen atoms in total. The number of fused-ring (bicyclic) bond motifs is 1. The number of ether oxygens (including phenoxy) is 1. The van der Waals surface area contributed by atoms with E-state index in [9.17, 15) is 9.59 Å². The maximum absolute atomic E-state index is 13.5. The van der Waals surface area contributed by atoms with Crippen molar-refractivity contribution in [3.05, 3.63) is 76.5 Å². The molecule has 1 amide bonds. The van der Waals surface area contributed by atoms with Gasteiger partial charge < -0.3 is 10.1 Å². The minimum Gasteiger partial charge on any atom is -0.467 e. The van der Waals surface area contributed by atoms with Gasteiger partial charge in [-0.15, -0.1) is 0 Å². The van der Waals surface area contributed by atoms with E-state index in [4.69, 9.17) is 27.9 Å². The monoisotopic (exact) mass is 522 g/mol. The third kappa shape index (κ3) is 4.33. The van der Waals surface area contributed by atoms with Crippen molar-refractivity contribution in [2.45, 2.75) is 37.6 Å². The summed E-state index contributed by atoms with van der Waals surface area (Å²) in [6.45, 7) is 0. The summed E-state index contributed by atoms with van der Waals surface area (Å²) in [5.74, 6) is -0.847. The Morgan fingerprint density at radius 3 is 2.39 bits per heavy atom. The molecule has 0 radical (unpaired) electrons. The van der Waals surface area contributed by atoms with Crippen LogP contribution in [-0.2, 0) is 9.53 Å². The first-order valence-corrected chi connectivity index (χ1v) is 12.5. The molecular formula is C27H24Cl2N4O3. The first kappa shape index (κ1) is 24.3. The lowest BCUT2D eigenvalue weighted by molar-refractivity contribution is -0.149. The number of nitrogens with zero attached hydrogens (tertiary/aromatic N) is 3. The zero-order chi connectivity index (χ0) is 25.3. The second-order valence-electron chi connectivity index (χ2n) is 8.89. The highest BCUT2D eigenvalue weighted by Gasteiger charge is 2.42. The third-order valence-electron chi connectivity index (χ3n) is 6.69. The fraction of sp³-hybridized carbons (Fsp3) is 0.259. The van der Waals surface area contributed by atoms with Crippen LogP contribution in [0, 0.1) is 0 Å². The van der Waals surface area contributed by atoms with Crippen LogP contribution in [0.2, 0.25) is 10.0 Å². The molecule has 0 atom stereocenters. The number of hydrogen-bond acceptors (Lipinski definition) is 5.